The first-order valence-electron chi connectivity index (χ1n) is 11.4. The van der Waals surface area contributed by atoms with Crippen LogP contribution in [-0.2, 0) is 4.79 Å². The molecule has 5 nitrogen and oxygen atoms in total. The molecule has 1 aromatic carbocycles. The molecule has 30 heavy (non-hydrogen) atoms. The normalized spacial score (nSPS) is 22.7. The van der Waals surface area contributed by atoms with Crippen molar-refractivity contribution in [1.29, 1.82) is 0 Å². The Labute approximate surface area is 180 Å². The zero-order valence-corrected chi connectivity index (χ0v) is 18.5. The maximum absolute atomic E-state index is 12.5. The number of anilines is 1. The van der Waals surface area contributed by atoms with Gasteiger partial charge < -0.3 is 10.2 Å². The van der Waals surface area contributed by atoms with Crippen molar-refractivity contribution in [2.75, 3.05) is 18.0 Å². The van der Waals surface area contributed by atoms with Gasteiger partial charge in [-0.05, 0) is 31.7 Å². The average molecular weight is 407 g/mol. The summed E-state index contributed by atoms with van der Waals surface area (Å²) in [6, 6.07) is 10.6. The van der Waals surface area contributed by atoms with Gasteiger partial charge in [0.25, 0.3) is 0 Å². The lowest BCUT2D eigenvalue weighted by Gasteiger charge is -2.32. The molecular weight excluding hydrogens is 372 g/mol. The molecule has 0 bridgehead atoms. The minimum atomic E-state index is -0.371. The maximum atomic E-state index is 12.5. The predicted octanol–water partition coefficient (Wildman–Crippen LogP) is 5.26. The summed E-state index contributed by atoms with van der Waals surface area (Å²) >= 11 is 0. The highest BCUT2D eigenvalue weighted by atomic mass is 16.2. The number of carbonyl (C=O) groups excluding carboxylic acids is 1. The van der Waals surface area contributed by atoms with Gasteiger partial charge in [0.2, 0.25) is 5.91 Å². The van der Waals surface area contributed by atoms with E-state index in [1.807, 2.05) is 33.1 Å². The fourth-order valence-electron chi connectivity index (χ4n) is 4.50. The maximum Gasteiger partial charge on any atom is 0.225 e. The molecule has 1 saturated carbocycles. The number of fused-ring (bicyclic) bond motifs is 1. The van der Waals surface area contributed by atoms with Gasteiger partial charge in [-0.2, -0.15) is 0 Å². The third-order valence-electron chi connectivity index (χ3n) is 6.34. The second kappa shape index (κ2) is 8.75. The average Bonchev–Trinajstić information content (AvgIpc) is 3.26. The second-order valence-corrected chi connectivity index (χ2v) is 9.77. The van der Waals surface area contributed by atoms with Crippen molar-refractivity contribution >= 4 is 34.5 Å². The van der Waals surface area contributed by atoms with E-state index in [9.17, 15) is 4.79 Å². The molecule has 1 aromatic heterocycles. The van der Waals surface area contributed by atoms with Crippen molar-refractivity contribution in [2.45, 2.75) is 65.3 Å². The number of nitrogens with zero attached hydrogens (tertiary/aromatic N) is 3. The van der Waals surface area contributed by atoms with Crippen LogP contribution < -0.4 is 10.2 Å². The van der Waals surface area contributed by atoms with E-state index in [-0.39, 0.29) is 23.3 Å². The van der Waals surface area contributed by atoms with Crippen LogP contribution in [-0.4, -0.2) is 36.2 Å². The van der Waals surface area contributed by atoms with E-state index in [0.29, 0.717) is 0 Å². The van der Waals surface area contributed by atoms with Gasteiger partial charge in [-0.25, -0.2) is 9.98 Å². The summed E-state index contributed by atoms with van der Waals surface area (Å²) in [5, 5.41) is 4.47. The summed E-state index contributed by atoms with van der Waals surface area (Å²) in [7, 11) is 0. The first-order valence-corrected chi connectivity index (χ1v) is 11.4. The van der Waals surface area contributed by atoms with Crippen LogP contribution in [0.15, 0.2) is 35.3 Å². The number of amides is 1. The van der Waals surface area contributed by atoms with Crippen molar-refractivity contribution in [3.05, 3.63) is 30.3 Å². The van der Waals surface area contributed by atoms with Gasteiger partial charge in [0.1, 0.15) is 0 Å². The minimum Gasteiger partial charge on any atom is -0.371 e. The lowest BCUT2D eigenvalue weighted by atomic mass is 9.84. The number of pyridine rings is 1. The summed E-state index contributed by atoms with van der Waals surface area (Å²) in [4.78, 5) is 24.6. The Kier molecular flexibility index (Phi) is 6.07. The Hall–Kier alpha value is -2.43. The Balaban J connectivity index is 1.58. The first kappa shape index (κ1) is 20.8. The van der Waals surface area contributed by atoms with Crippen molar-refractivity contribution in [3.63, 3.8) is 0 Å². The highest BCUT2D eigenvalue weighted by molar-refractivity contribution is 5.93. The van der Waals surface area contributed by atoms with E-state index in [1.54, 1.807) is 0 Å². The molecule has 1 N–H and O–H groups in total. The smallest absolute Gasteiger partial charge is 0.225 e. The van der Waals surface area contributed by atoms with E-state index in [0.717, 1.165) is 43.7 Å². The quantitative estimate of drug-likeness (QED) is 0.705. The molecule has 2 aromatic rings. The molecule has 2 aliphatic rings. The van der Waals surface area contributed by atoms with Crippen LogP contribution in [0.3, 0.4) is 0 Å². The number of nitrogens with one attached hydrogen (secondary N) is 1. The van der Waals surface area contributed by atoms with Crippen molar-refractivity contribution < 1.29 is 4.79 Å². The van der Waals surface area contributed by atoms with E-state index in [4.69, 9.17) is 9.98 Å². The third-order valence-corrected chi connectivity index (χ3v) is 6.34. The SMILES string of the molecule is CC(C)(C)C(=O)NC1CCCCC1C=Nc1cc(N2CCCC2)c2ccccc2n1. The summed E-state index contributed by atoms with van der Waals surface area (Å²) < 4.78 is 0. The molecule has 160 valence electrons. The van der Waals surface area contributed by atoms with Crippen molar-refractivity contribution in [3.8, 4) is 0 Å². The number of rotatable bonds is 4. The lowest BCUT2D eigenvalue weighted by Crippen LogP contribution is -2.46. The van der Waals surface area contributed by atoms with E-state index < -0.39 is 0 Å². The van der Waals surface area contributed by atoms with Crippen LogP contribution in [0.2, 0.25) is 0 Å². The molecule has 2 unspecified atom stereocenters. The molecule has 2 heterocycles. The molecule has 1 saturated heterocycles. The van der Waals surface area contributed by atoms with Gasteiger partial charge in [-0.15, -0.1) is 0 Å². The van der Waals surface area contributed by atoms with Gasteiger partial charge in [0.05, 0.1) is 5.52 Å². The van der Waals surface area contributed by atoms with E-state index in [2.05, 4.69) is 34.5 Å². The van der Waals surface area contributed by atoms with Crippen LogP contribution in [0.4, 0.5) is 11.5 Å². The topological polar surface area (TPSA) is 57.6 Å². The van der Waals surface area contributed by atoms with Crippen LogP contribution in [0.5, 0.6) is 0 Å². The second-order valence-electron chi connectivity index (χ2n) is 9.77. The molecule has 2 atom stereocenters. The highest BCUT2D eigenvalue weighted by Crippen LogP contribution is 2.32. The van der Waals surface area contributed by atoms with Gasteiger partial charge >= 0.3 is 0 Å². The monoisotopic (exact) mass is 406 g/mol. The van der Waals surface area contributed by atoms with Crippen LogP contribution in [0, 0.1) is 11.3 Å². The Bertz CT molecular complexity index is 924. The molecule has 5 heteroatoms. The number of hydrogen-bond donors (Lipinski definition) is 1. The van der Waals surface area contributed by atoms with E-state index >= 15 is 0 Å². The third kappa shape index (κ3) is 4.66. The molecule has 0 radical (unpaired) electrons. The molecule has 1 aliphatic heterocycles. The zero-order chi connectivity index (χ0) is 21.1. The Morgan fingerprint density at radius 3 is 2.63 bits per heavy atom. The molecule has 1 aliphatic carbocycles. The van der Waals surface area contributed by atoms with Crippen LogP contribution >= 0.6 is 0 Å². The Morgan fingerprint density at radius 1 is 1.13 bits per heavy atom. The summed E-state index contributed by atoms with van der Waals surface area (Å²) in [5.41, 5.74) is 1.87. The van der Waals surface area contributed by atoms with Gasteiger partial charge in [-0.1, -0.05) is 51.8 Å². The van der Waals surface area contributed by atoms with E-state index in [1.165, 1.54) is 30.3 Å². The van der Waals surface area contributed by atoms with Crippen LogP contribution in [0.1, 0.15) is 59.3 Å². The predicted molar refractivity (Wildman–Crippen MR) is 125 cm³/mol. The van der Waals surface area contributed by atoms with Gasteiger partial charge in [0.15, 0.2) is 5.82 Å². The minimum absolute atomic E-state index is 0.118. The summed E-state index contributed by atoms with van der Waals surface area (Å²) in [5.74, 6) is 1.14. The standard InChI is InChI=1S/C25H34N4O/c1-25(2,3)24(30)28-20-12-6-4-10-18(20)17-26-23-16-22(29-14-8-9-15-29)19-11-5-7-13-21(19)27-23/h5,7,11,13,16-18,20H,4,6,8-10,12,14-15H2,1-3H3,(H,28,30). The highest BCUT2D eigenvalue weighted by Gasteiger charge is 2.29. The zero-order valence-electron chi connectivity index (χ0n) is 18.5. The fraction of sp³-hybridized carbons (Fsp3) is 0.560. The molecule has 1 amide bonds. The number of para-hydroxylation sites is 1. The number of aliphatic imine (C=N–C) groups is 1. The van der Waals surface area contributed by atoms with Gasteiger partial charge in [-0.3, -0.25) is 4.79 Å². The Morgan fingerprint density at radius 2 is 1.87 bits per heavy atom. The van der Waals surface area contributed by atoms with Crippen LogP contribution in [0.25, 0.3) is 10.9 Å². The molecule has 2 fully saturated rings. The lowest BCUT2D eigenvalue weighted by molar-refractivity contribution is -0.129. The molecular formula is C25H34N4O. The molecule has 0 spiro atoms. The number of carbonyl (C=O) groups is 1. The van der Waals surface area contributed by atoms with Gasteiger partial charge in [0, 0.05) is 53.8 Å². The largest absolute Gasteiger partial charge is 0.371 e. The van der Waals surface area contributed by atoms with Crippen molar-refractivity contribution in [1.82, 2.24) is 10.3 Å². The number of hydrogen-bond acceptors (Lipinski definition) is 4. The first-order chi connectivity index (χ1) is 14.4. The fourth-order valence-corrected chi connectivity index (χ4v) is 4.50. The summed E-state index contributed by atoms with van der Waals surface area (Å²) in [6.45, 7) is 8.09. The molecule has 4 rings (SSSR count). The number of benzene rings is 1. The summed E-state index contributed by atoms with van der Waals surface area (Å²) in [6.07, 6.45) is 8.94. The van der Waals surface area contributed by atoms with Crippen molar-refractivity contribution in [2.24, 2.45) is 16.3 Å². The number of aromatic nitrogens is 1.